The lowest BCUT2D eigenvalue weighted by Gasteiger charge is -2.21. The van der Waals surface area contributed by atoms with Crippen LogP contribution in [0, 0.1) is 12.7 Å². The Morgan fingerprint density at radius 1 is 1.29 bits per heavy atom. The molecule has 1 saturated heterocycles. The minimum atomic E-state index is -0.120. The van der Waals surface area contributed by atoms with E-state index in [1.54, 1.807) is 6.07 Å². The molecule has 2 aromatic rings. The number of hydrogen-bond acceptors (Lipinski definition) is 1. The number of halogens is 1. The van der Waals surface area contributed by atoms with Gasteiger partial charge in [0, 0.05) is 29.6 Å². The largest absolute Gasteiger partial charge is 0.356 e. The van der Waals surface area contributed by atoms with Crippen LogP contribution in [-0.4, -0.2) is 11.0 Å². The summed E-state index contributed by atoms with van der Waals surface area (Å²) >= 11 is 0. The van der Waals surface area contributed by atoms with Crippen LogP contribution in [0.5, 0.6) is 0 Å². The Hall–Kier alpha value is -1.35. The summed E-state index contributed by atoms with van der Waals surface area (Å²) < 4.78 is 13.9. The zero-order valence-electron chi connectivity index (χ0n) is 9.81. The molecule has 1 aromatic heterocycles. The first kappa shape index (κ1) is 9.66. The van der Waals surface area contributed by atoms with E-state index in [0.717, 1.165) is 17.4 Å². The van der Waals surface area contributed by atoms with Crippen LogP contribution in [0.15, 0.2) is 12.1 Å². The maximum Gasteiger partial charge on any atom is 0.147 e. The van der Waals surface area contributed by atoms with E-state index in [9.17, 15) is 4.39 Å². The highest BCUT2D eigenvalue weighted by atomic mass is 19.1. The molecular formula is C14H15FN2. The number of fused-ring (bicyclic) bond motifs is 6. The predicted molar refractivity (Wildman–Crippen MR) is 65.6 cm³/mol. The Kier molecular flexibility index (Phi) is 1.76. The third-order valence-electron chi connectivity index (χ3n) is 4.17. The smallest absolute Gasteiger partial charge is 0.147 e. The molecule has 2 nitrogen and oxygen atoms in total. The fraction of sp³-hybridized carbons (Fsp3) is 0.429. The monoisotopic (exact) mass is 230 g/mol. The van der Waals surface area contributed by atoms with Gasteiger partial charge >= 0.3 is 0 Å². The van der Waals surface area contributed by atoms with E-state index < -0.39 is 0 Å². The summed E-state index contributed by atoms with van der Waals surface area (Å²) in [5, 5.41) is 4.70. The predicted octanol–water partition coefficient (Wildman–Crippen LogP) is 2.96. The minimum Gasteiger partial charge on any atom is -0.356 e. The molecular weight excluding hydrogens is 215 g/mol. The normalized spacial score (nSPS) is 26.5. The molecule has 0 saturated carbocycles. The number of aryl methyl sites for hydroxylation is 1. The maximum atomic E-state index is 13.9. The molecule has 2 bridgehead atoms. The Balaban J connectivity index is 2.06. The standard InChI is InChI=1S/C14H15FN2/c1-7-4-9-13-11-3-2-8(16-11)6-12(13)17-14(9)10(15)5-7/h4-5,8,11,16-17H,2-3,6H2,1H3. The first-order chi connectivity index (χ1) is 8.22. The number of H-pyrrole nitrogens is 1. The average Bonchev–Trinajstić information content (AvgIpc) is 2.82. The molecule has 2 N–H and O–H groups in total. The lowest BCUT2D eigenvalue weighted by atomic mass is 9.98. The molecule has 2 aliphatic rings. The van der Waals surface area contributed by atoms with Gasteiger partial charge in [-0.2, -0.15) is 0 Å². The van der Waals surface area contributed by atoms with Crippen LogP contribution < -0.4 is 5.32 Å². The molecule has 0 amide bonds. The van der Waals surface area contributed by atoms with Gasteiger partial charge in [-0.25, -0.2) is 4.39 Å². The summed E-state index contributed by atoms with van der Waals surface area (Å²) in [7, 11) is 0. The van der Waals surface area contributed by atoms with Crippen molar-refractivity contribution in [1.29, 1.82) is 0 Å². The topological polar surface area (TPSA) is 27.8 Å². The van der Waals surface area contributed by atoms with Crippen molar-refractivity contribution in [2.24, 2.45) is 0 Å². The van der Waals surface area contributed by atoms with Crippen LogP contribution >= 0.6 is 0 Å². The van der Waals surface area contributed by atoms with Crippen molar-refractivity contribution >= 4 is 10.9 Å². The second kappa shape index (κ2) is 3.10. The summed E-state index contributed by atoms with van der Waals surface area (Å²) in [4.78, 5) is 3.30. The second-order valence-corrected chi connectivity index (χ2v) is 5.38. The molecule has 17 heavy (non-hydrogen) atoms. The molecule has 0 aliphatic carbocycles. The Morgan fingerprint density at radius 2 is 2.18 bits per heavy atom. The van der Waals surface area contributed by atoms with Crippen LogP contribution in [-0.2, 0) is 6.42 Å². The number of aromatic amines is 1. The summed E-state index contributed by atoms with van der Waals surface area (Å²) in [5.74, 6) is -0.120. The molecule has 1 aromatic carbocycles. The lowest BCUT2D eigenvalue weighted by molar-refractivity contribution is 0.513. The first-order valence-electron chi connectivity index (χ1n) is 6.29. The number of hydrogen-bond donors (Lipinski definition) is 2. The van der Waals surface area contributed by atoms with Gasteiger partial charge in [0.25, 0.3) is 0 Å². The lowest BCUT2D eigenvalue weighted by Crippen LogP contribution is -2.31. The van der Waals surface area contributed by atoms with Gasteiger partial charge in [-0.05, 0) is 43.0 Å². The van der Waals surface area contributed by atoms with Gasteiger partial charge in [-0.1, -0.05) is 0 Å². The van der Waals surface area contributed by atoms with Crippen LogP contribution in [0.25, 0.3) is 10.9 Å². The summed E-state index contributed by atoms with van der Waals surface area (Å²) in [6.45, 7) is 1.95. The van der Waals surface area contributed by atoms with E-state index in [2.05, 4.69) is 16.4 Å². The van der Waals surface area contributed by atoms with Gasteiger partial charge in [0.1, 0.15) is 5.82 Å². The number of benzene rings is 1. The van der Waals surface area contributed by atoms with Crippen molar-refractivity contribution < 1.29 is 4.39 Å². The van der Waals surface area contributed by atoms with Gasteiger partial charge in [0.15, 0.2) is 0 Å². The van der Waals surface area contributed by atoms with Crippen molar-refractivity contribution in [3.8, 4) is 0 Å². The maximum absolute atomic E-state index is 13.9. The third kappa shape index (κ3) is 1.23. The zero-order chi connectivity index (χ0) is 11.6. The van der Waals surface area contributed by atoms with Gasteiger partial charge in [0.2, 0.25) is 0 Å². The quantitative estimate of drug-likeness (QED) is 0.715. The summed E-state index contributed by atoms with van der Waals surface area (Å²) in [5.41, 5.74) is 4.25. The van der Waals surface area contributed by atoms with E-state index in [0.29, 0.717) is 17.6 Å². The van der Waals surface area contributed by atoms with Crippen molar-refractivity contribution in [3.63, 3.8) is 0 Å². The van der Waals surface area contributed by atoms with E-state index in [1.807, 2.05) is 6.92 Å². The van der Waals surface area contributed by atoms with Crippen LogP contribution in [0.3, 0.4) is 0 Å². The molecule has 1 fully saturated rings. The average molecular weight is 230 g/mol. The van der Waals surface area contributed by atoms with E-state index in [-0.39, 0.29) is 5.82 Å². The Labute approximate surface area is 99.2 Å². The van der Waals surface area contributed by atoms with Crippen molar-refractivity contribution in [3.05, 3.63) is 34.8 Å². The molecule has 4 rings (SSSR count). The first-order valence-corrected chi connectivity index (χ1v) is 6.29. The molecule has 0 spiro atoms. The number of nitrogens with one attached hydrogen (secondary N) is 2. The molecule has 2 aliphatic heterocycles. The molecule has 3 heteroatoms. The van der Waals surface area contributed by atoms with Crippen LogP contribution in [0.1, 0.15) is 35.7 Å². The van der Waals surface area contributed by atoms with Gasteiger partial charge in [0.05, 0.1) is 5.52 Å². The highest BCUT2D eigenvalue weighted by molar-refractivity contribution is 5.86. The van der Waals surface area contributed by atoms with E-state index >= 15 is 0 Å². The fourth-order valence-corrected chi connectivity index (χ4v) is 3.48. The van der Waals surface area contributed by atoms with Gasteiger partial charge in [-0.3, -0.25) is 0 Å². The van der Waals surface area contributed by atoms with Crippen molar-refractivity contribution in [2.75, 3.05) is 0 Å². The highest BCUT2D eigenvalue weighted by Crippen LogP contribution is 2.40. The number of rotatable bonds is 0. The Bertz CT molecular complexity index is 614. The highest BCUT2D eigenvalue weighted by Gasteiger charge is 2.34. The van der Waals surface area contributed by atoms with Crippen molar-refractivity contribution in [1.82, 2.24) is 10.3 Å². The van der Waals surface area contributed by atoms with Crippen molar-refractivity contribution in [2.45, 2.75) is 38.3 Å². The van der Waals surface area contributed by atoms with Gasteiger partial charge < -0.3 is 10.3 Å². The third-order valence-corrected chi connectivity index (χ3v) is 4.17. The van der Waals surface area contributed by atoms with E-state index in [4.69, 9.17) is 0 Å². The van der Waals surface area contributed by atoms with Crippen LogP contribution in [0.2, 0.25) is 0 Å². The molecule has 88 valence electrons. The van der Waals surface area contributed by atoms with Crippen LogP contribution in [0.4, 0.5) is 4.39 Å². The van der Waals surface area contributed by atoms with Gasteiger partial charge in [-0.15, -0.1) is 0 Å². The SMILES string of the molecule is Cc1cc(F)c2[nH]c3c(c2c1)C1CCC(C3)N1. The summed E-state index contributed by atoms with van der Waals surface area (Å²) in [6.07, 6.45) is 3.43. The number of aromatic nitrogens is 1. The zero-order valence-corrected chi connectivity index (χ0v) is 9.81. The molecule has 3 heterocycles. The van der Waals surface area contributed by atoms with E-state index in [1.165, 1.54) is 24.1 Å². The second-order valence-electron chi connectivity index (χ2n) is 5.38. The Morgan fingerprint density at radius 3 is 3.06 bits per heavy atom. The molecule has 2 atom stereocenters. The fourth-order valence-electron chi connectivity index (χ4n) is 3.48. The summed E-state index contributed by atoms with van der Waals surface area (Å²) in [6, 6.07) is 4.73. The minimum absolute atomic E-state index is 0.120. The molecule has 2 unspecified atom stereocenters. The molecule has 0 radical (unpaired) electrons.